The maximum atomic E-state index is 13.9. The Hall–Kier alpha value is -3.71. The van der Waals surface area contributed by atoms with Gasteiger partial charge < -0.3 is 29.5 Å². The van der Waals surface area contributed by atoms with Crippen LogP contribution in [0.15, 0.2) is 41.2 Å². The maximum Gasteiger partial charge on any atom is 0.420 e. The van der Waals surface area contributed by atoms with Crippen molar-refractivity contribution in [2.45, 2.75) is 75.7 Å². The third-order valence-corrected chi connectivity index (χ3v) is 10.1. The first kappa shape index (κ1) is 33.2. The van der Waals surface area contributed by atoms with Crippen LogP contribution in [0.3, 0.4) is 0 Å². The molecule has 0 spiro atoms. The predicted molar refractivity (Wildman–Crippen MR) is 170 cm³/mol. The number of H-pyrrole nitrogens is 1. The second kappa shape index (κ2) is 13.8. The van der Waals surface area contributed by atoms with E-state index in [2.05, 4.69) is 9.88 Å². The zero-order valence-corrected chi connectivity index (χ0v) is 26.7. The van der Waals surface area contributed by atoms with E-state index < -0.39 is 40.6 Å². The van der Waals surface area contributed by atoms with Gasteiger partial charge >= 0.3 is 18.0 Å². The van der Waals surface area contributed by atoms with Crippen LogP contribution in [-0.2, 0) is 22.1 Å². The number of hydrogen-bond acceptors (Lipinski definition) is 6. The number of nitrogens with one attached hydrogen (secondary N) is 1. The summed E-state index contributed by atoms with van der Waals surface area (Å²) in [5.74, 6) is -1.58. The molecular formula is C33H39ClF3N5O5. The molecule has 0 aliphatic carbocycles. The van der Waals surface area contributed by atoms with Gasteiger partial charge in [-0.25, -0.2) is 9.59 Å². The number of para-hydroxylation sites is 2. The smallest absolute Gasteiger partial charge is 0.420 e. The van der Waals surface area contributed by atoms with E-state index in [0.29, 0.717) is 32.0 Å². The molecule has 2 aromatic carbocycles. The van der Waals surface area contributed by atoms with Crippen molar-refractivity contribution in [1.29, 1.82) is 0 Å². The summed E-state index contributed by atoms with van der Waals surface area (Å²) in [7, 11) is 0. The Kier molecular flexibility index (Phi) is 9.75. The van der Waals surface area contributed by atoms with Crippen molar-refractivity contribution in [2.75, 3.05) is 39.3 Å². The van der Waals surface area contributed by atoms with Gasteiger partial charge in [0.05, 0.1) is 21.6 Å². The highest BCUT2D eigenvalue weighted by Crippen LogP contribution is 2.40. The predicted octanol–water partition coefficient (Wildman–Crippen LogP) is 5.57. The Bertz CT molecular complexity index is 1650. The summed E-state index contributed by atoms with van der Waals surface area (Å²) >= 11 is 5.97. The highest BCUT2D eigenvalue weighted by atomic mass is 35.5. The van der Waals surface area contributed by atoms with Crippen LogP contribution in [0.5, 0.6) is 5.75 Å². The van der Waals surface area contributed by atoms with E-state index in [4.69, 9.17) is 16.3 Å². The van der Waals surface area contributed by atoms with Gasteiger partial charge in [-0.2, -0.15) is 13.2 Å². The number of aromatic amines is 1. The number of aromatic hydroxyl groups is 1. The number of carbonyl (C=O) groups is 2. The minimum Gasteiger partial charge on any atom is -0.506 e. The van der Waals surface area contributed by atoms with Crippen LogP contribution in [0.1, 0.15) is 62.1 Å². The largest absolute Gasteiger partial charge is 0.506 e. The number of amides is 2. The number of benzene rings is 2. The Morgan fingerprint density at radius 2 is 1.57 bits per heavy atom. The molecule has 0 unspecified atom stereocenters. The molecule has 0 radical (unpaired) electrons. The Labute approximate surface area is 275 Å². The number of hydrogen-bond donors (Lipinski definition) is 2. The Morgan fingerprint density at radius 3 is 2.26 bits per heavy atom. The molecule has 1 aromatic heterocycles. The van der Waals surface area contributed by atoms with Gasteiger partial charge in [-0.05, 0) is 81.4 Å². The molecule has 14 heteroatoms. The van der Waals surface area contributed by atoms with E-state index in [1.54, 1.807) is 9.47 Å². The average Bonchev–Trinajstić information content (AvgIpc) is 3.41. The van der Waals surface area contributed by atoms with Crippen molar-refractivity contribution in [2.24, 2.45) is 0 Å². The lowest BCUT2D eigenvalue weighted by Gasteiger charge is -2.41. The number of nitrogens with zero attached hydrogens (tertiary/aromatic N) is 4. The van der Waals surface area contributed by atoms with E-state index >= 15 is 0 Å². The van der Waals surface area contributed by atoms with Crippen LogP contribution in [0.4, 0.5) is 18.0 Å². The molecule has 1 atom stereocenters. The highest BCUT2D eigenvalue weighted by Gasteiger charge is 2.38. The minimum absolute atomic E-state index is 0.00639. The molecular weight excluding hydrogens is 639 g/mol. The first-order valence-corrected chi connectivity index (χ1v) is 16.6. The standard InChI is InChI=1S/C33H39ClF3N5O5/c34-25-19-21(18-24(29(25)43)33(35,36)37)20-28(30(44)40-14-8-22(9-15-40)39-12-4-1-5-13-39)47-32(46)41-16-10-23(11-17-41)42-27-7-3-2-6-26(27)38-31(42)45/h2-3,6-7,18-19,22-23,28,43H,1,4-5,8-17,20H2,(H,38,45)/t28-/m1/s1. The summed E-state index contributed by atoms with van der Waals surface area (Å²) in [6.45, 7) is 3.49. The highest BCUT2D eigenvalue weighted by molar-refractivity contribution is 6.32. The van der Waals surface area contributed by atoms with E-state index in [1.807, 2.05) is 24.3 Å². The lowest BCUT2D eigenvalue weighted by molar-refractivity contribution is -0.142. The number of phenols is 1. The SMILES string of the molecule is O=C(O[C@H](Cc1cc(Cl)c(O)c(C(F)(F)F)c1)C(=O)N1CCC(N2CCCCC2)CC1)N1CCC(n2c(=O)[nH]c3ccccc32)CC1. The molecule has 3 aromatic rings. The zero-order valence-electron chi connectivity index (χ0n) is 26.0. The number of piperidine rings is 3. The normalized spacial score (nSPS) is 19.7. The van der Waals surface area contributed by atoms with Crippen LogP contribution < -0.4 is 5.69 Å². The van der Waals surface area contributed by atoms with Gasteiger partial charge in [0.1, 0.15) is 5.75 Å². The van der Waals surface area contributed by atoms with Crippen molar-refractivity contribution in [3.63, 3.8) is 0 Å². The molecule has 10 nitrogen and oxygen atoms in total. The summed E-state index contributed by atoms with van der Waals surface area (Å²) in [4.78, 5) is 48.5. The monoisotopic (exact) mass is 677 g/mol. The van der Waals surface area contributed by atoms with Gasteiger partial charge in [-0.15, -0.1) is 0 Å². The molecule has 3 saturated heterocycles. The van der Waals surface area contributed by atoms with Crippen LogP contribution in [0.25, 0.3) is 11.0 Å². The van der Waals surface area contributed by atoms with Crippen LogP contribution >= 0.6 is 11.6 Å². The van der Waals surface area contributed by atoms with Gasteiger partial charge in [-0.3, -0.25) is 9.36 Å². The van der Waals surface area contributed by atoms with Crippen molar-refractivity contribution in [3.8, 4) is 5.75 Å². The average molecular weight is 678 g/mol. The molecule has 6 rings (SSSR count). The molecule has 0 saturated carbocycles. The summed E-state index contributed by atoms with van der Waals surface area (Å²) in [5.41, 5.74) is -0.0446. The van der Waals surface area contributed by atoms with Crippen molar-refractivity contribution in [3.05, 3.63) is 63.0 Å². The van der Waals surface area contributed by atoms with Gasteiger partial charge in [-0.1, -0.05) is 30.2 Å². The molecule has 254 valence electrons. The Morgan fingerprint density at radius 1 is 0.936 bits per heavy atom. The number of alkyl halides is 3. The third-order valence-electron chi connectivity index (χ3n) is 9.76. The first-order chi connectivity index (χ1) is 22.5. The fourth-order valence-electron chi connectivity index (χ4n) is 7.26. The third kappa shape index (κ3) is 7.25. The van der Waals surface area contributed by atoms with Gasteiger partial charge in [0, 0.05) is 44.7 Å². The number of fused-ring (bicyclic) bond motifs is 1. The van der Waals surface area contributed by atoms with Gasteiger partial charge in [0.15, 0.2) is 6.10 Å². The number of phenolic OH excluding ortho intramolecular Hbond substituents is 1. The molecule has 2 amide bonds. The van der Waals surface area contributed by atoms with Gasteiger partial charge in [0.2, 0.25) is 0 Å². The van der Waals surface area contributed by atoms with E-state index in [0.717, 1.165) is 61.9 Å². The molecule has 4 heterocycles. The Balaban J connectivity index is 1.16. The molecule has 3 aliphatic rings. The number of imidazole rings is 1. The van der Waals surface area contributed by atoms with Crippen LogP contribution in [-0.4, -0.2) is 92.8 Å². The number of halogens is 4. The van der Waals surface area contributed by atoms with E-state index in [-0.39, 0.29) is 36.8 Å². The maximum absolute atomic E-state index is 13.9. The quantitative estimate of drug-likeness (QED) is 0.353. The fourth-order valence-corrected chi connectivity index (χ4v) is 7.50. The molecule has 0 bridgehead atoms. The summed E-state index contributed by atoms with van der Waals surface area (Å²) in [5, 5.41) is 9.46. The van der Waals surface area contributed by atoms with E-state index in [9.17, 15) is 32.7 Å². The molecule has 3 fully saturated rings. The number of likely N-dealkylation sites (tertiary alicyclic amines) is 3. The number of rotatable bonds is 6. The lowest BCUT2D eigenvalue weighted by Crippen LogP contribution is -2.52. The second-order valence-corrected chi connectivity index (χ2v) is 13.1. The zero-order chi connectivity index (χ0) is 33.3. The number of aromatic nitrogens is 2. The number of carbonyl (C=O) groups excluding carboxylic acids is 2. The van der Waals surface area contributed by atoms with Crippen LogP contribution in [0, 0.1) is 0 Å². The molecule has 47 heavy (non-hydrogen) atoms. The minimum atomic E-state index is -4.88. The van der Waals surface area contributed by atoms with E-state index in [1.165, 1.54) is 11.3 Å². The van der Waals surface area contributed by atoms with Crippen LogP contribution in [0.2, 0.25) is 5.02 Å². The van der Waals surface area contributed by atoms with Crippen molar-refractivity contribution >= 4 is 34.6 Å². The van der Waals surface area contributed by atoms with Gasteiger partial charge in [0.25, 0.3) is 5.91 Å². The van der Waals surface area contributed by atoms with Crippen molar-refractivity contribution < 1.29 is 32.6 Å². The topological polar surface area (TPSA) is 111 Å². The summed E-state index contributed by atoms with van der Waals surface area (Å²) < 4.78 is 48.5. The number of ether oxygens (including phenoxy) is 1. The summed E-state index contributed by atoms with van der Waals surface area (Å²) in [6.07, 6.45) is -1.38. The first-order valence-electron chi connectivity index (χ1n) is 16.3. The molecule has 2 N–H and O–H groups in total. The molecule has 3 aliphatic heterocycles. The second-order valence-electron chi connectivity index (χ2n) is 12.7. The fraction of sp³-hybridized carbons (Fsp3) is 0.545. The summed E-state index contributed by atoms with van der Waals surface area (Å²) in [6, 6.07) is 9.48. The van der Waals surface area contributed by atoms with Crippen molar-refractivity contribution in [1.82, 2.24) is 24.3 Å². The lowest BCUT2D eigenvalue weighted by atomic mass is 9.98.